The molecular weight excluding hydrogens is 506 g/mol. The maximum atomic E-state index is 12.6. The summed E-state index contributed by atoms with van der Waals surface area (Å²) < 4.78 is 28.8. The number of carbonyl (C=O) groups excluding carboxylic acids is 1. The van der Waals surface area contributed by atoms with Crippen LogP contribution in [0.5, 0.6) is 0 Å². The van der Waals surface area contributed by atoms with Crippen molar-refractivity contribution in [3.05, 3.63) is 0 Å². The SMILES string of the molecule is CC(C)(C)OC(=O)N[C@H]1C[C@@H](N)[C@H](O[C@H]2O[C@H](CO)[C@@H](O)[C@H](N)[C@H]2O)[C@@H](O)C1O[C@H]1O[C@H](CN)CC[C@H]1N. The van der Waals surface area contributed by atoms with Gasteiger partial charge in [-0.3, -0.25) is 0 Å². The van der Waals surface area contributed by atoms with E-state index in [1.807, 2.05) is 0 Å². The minimum Gasteiger partial charge on any atom is -0.444 e. The quantitative estimate of drug-likeness (QED) is 0.147. The van der Waals surface area contributed by atoms with E-state index < -0.39 is 91.7 Å². The molecular formula is C23H45N5O10. The maximum Gasteiger partial charge on any atom is 0.407 e. The molecule has 3 aliphatic rings. The molecule has 0 aromatic rings. The largest absolute Gasteiger partial charge is 0.444 e. The monoisotopic (exact) mass is 551 g/mol. The molecule has 38 heavy (non-hydrogen) atoms. The van der Waals surface area contributed by atoms with Crippen molar-refractivity contribution in [3.8, 4) is 0 Å². The highest BCUT2D eigenvalue weighted by atomic mass is 16.7. The van der Waals surface area contributed by atoms with Crippen LogP contribution in [-0.4, -0.2) is 125 Å². The van der Waals surface area contributed by atoms with Gasteiger partial charge in [-0.05, 0) is 40.0 Å². The molecule has 0 bridgehead atoms. The summed E-state index contributed by atoms with van der Waals surface area (Å²) in [6.45, 7) is 4.82. The van der Waals surface area contributed by atoms with Crippen LogP contribution in [0.15, 0.2) is 0 Å². The van der Waals surface area contributed by atoms with Gasteiger partial charge < -0.3 is 72.4 Å². The van der Waals surface area contributed by atoms with Crippen LogP contribution in [0.3, 0.4) is 0 Å². The summed E-state index contributed by atoms with van der Waals surface area (Å²) in [5.41, 5.74) is 23.4. The van der Waals surface area contributed by atoms with Crippen LogP contribution >= 0.6 is 0 Å². The first kappa shape index (κ1) is 31.3. The van der Waals surface area contributed by atoms with Crippen molar-refractivity contribution in [1.29, 1.82) is 0 Å². The van der Waals surface area contributed by atoms with Crippen molar-refractivity contribution in [3.63, 3.8) is 0 Å². The first-order valence-corrected chi connectivity index (χ1v) is 13.0. The predicted octanol–water partition coefficient (Wildman–Crippen LogP) is -3.70. The molecule has 0 spiro atoms. The van der Waals surface area contributed by atoms with E-state index in [-0.39, 0.29) is 19.1 Å². The van der Waals surface area contributed by atoms with E-state index >= 15 is 0 Å². The van der Waals surface area contributed by atoms with E-state index in [1.165, 1.54) is 0 Å². The van der Waals surface area contributed by atoms with Crippen molar-refractivity contribution in [1.82, 2.24) is 5.32 Å². The Labute approximate surface area is 222 Å². The Balaban J connectivity index is 1.81. The first-order chi connectivity index (χ1) is 17.7. The second kappa shape index (κ2) is 13.0. The number of hydrogen-bond acceptors (Lipinski definition) is 14. The fraction of sp³-hybridized carbons (Fsp3) is 0.957. The molecule has 15 heteroatoms. The Kier molecular flexibility index (Phi) is 10.7. The molecule has 222 valence electrons. The van der Waals surface area contributed by atoms with Crippen molar-refractivity contribution in [2.75, 3.05) is 13.2 Å². The van der Waals surface area contributed by atoms with Crippen molar-refractivity contribution >= 4 is 6.09 Å². The van der Waals surface area contributed by atoms with E-state index in [0.29, 0.717) is 12.8 Å². The third kappa shape index (κ3) is 7.50. The first-order valence-electron chi connectivity index (χ1n) is 13.0. The summed E-state index contributed by atoms with van der Waals surface area (Å²) in [4.78, 5) is 12.6. The minimum atomic E-state index is -1.48. The number of hydrogen-bond donors (Lipinski definition) is 9. The van der Waals surface area contributed by atoms with Gasteiger partial charge in [-0.25, -0.2) is 4.79 Å². The topological polar surface area (TPSA) is 260 Å². The fourth-order valence-corrected chi connectivity index (χ4v) is 4.91. The van der Waals surface area contributed by atoms with Crippen LogP contribution in [0.2, 0.25) is 0 Å². The Morgan fingerprint density at radius 2 is 1.61 bits per heavy atom. The number of rotatable bonds is 7. The Morgan fingerprint density at radius 3 is 2.21 bits per heavy atom. The lowest BCUT2D eigenvalue weighted by atomic mass is 9.83. The van der Waals surface area contributed by atoms with E-state index in [2.05, 4.69) is 5.32 Å². The molecule has 1 amide bonds. The predicted molar refractivity (Wildman–Crippen MR) is 132 cm³/mol. The lowest BCUT2D eigenvalue weighted by Gasteiger charge is -2.48. The zero-order valence-electron chi connectivity index (χ0n) is 22.1. The number of alkyl carbamates (subject to hydrolysis) is 1. The fourth-order valence-electron chi connectivity index (χ4n) is 4.91. The van der Waals surface area contributed by atoms with Gasteiger partial charge in [0.05, 0.1) is 30.8 Å². The number of aliphatic hydroxyl groups is 4. The van der Waals surface area contributed by atoms with Gasteiger partial charge >= 0.3 is 6.09 Å². The molecule has 15 nitrogen and oxygen atoms in total. The van der Waals surface area contributed by atoms with Gasteiger partial charge in [0.2, 0.25) is 0 Å². The maximum absolute atomic E-state index is 12.6. The number of nitrogens with two attached hydrogens (primary N) is 4. The van der Waals surface area contributed by atoms with Crippen LogP contribution in [0.4, 0.5) is 4.79 Å². The summed E-state index contributed by atoms with van der Waals surface area (Å²) in [6, 6.07) is -3.39. The number of ether oxygens (including phenoxy) is 5. The molecule has 0 radical (unpaired) electrons. The third-order valence-electron chi connectivity index (χ3n) is 7.00. The Hall–Kier alpha value is -1.21. The van der Waals surface area contributed by atoms with E-state index in [9.17, 15) is 25.2 Å². The normalized spacial score (nSPS) is 44.4. The second-order valence-corrected chi connectivity index (χ2v) is 11.2. The smallest absolute Gasteiger partial charge is 0.407 e. The molecule has 1 saturated carbocycles. The van der Waals surface area contributed by atoms with Gasteiger partial charge in [0.25, 0.3) is 0 Å². The molecule has 13 N–H and O–H groups in total. The highest BCUT2D eigenvalue weighted by molar-refractivity contribution is 5.68. The average molecular weight is 552 g/mol. The molecule has 2 heterocycles. The Bertz CT molecular complexity index is 773. The molecule has 3 fully saturated rings. The number of nitrogens with one attached hydrogen (secondary N) is 1. The summed E-state index contributed by atoms with van der Waals surface area (Å²) in [5.74, 6) is 0. The molecule has 3 rings (SSSR count). The molecule has 13 atom stereocenters. The van der Waals surface area contributed by atoms with Crippen LogP contribution in [0.25, 0.3) is 0 Å². The number of amides is 1. The van der Waals surface area contributed by atoms with Gasteiger partial charge in [0.1, 0.15) is 42.2 Å². The molecule has 2 saturated heterocycles. The van der Waals surface area contributed by atoms with Gasteiger partial charge in [-0.1, -0.05) is 0 Å². The molecule has 0 aromatic heterocycles. The number of aliphatic hydroxyl groups excluding tert-OH is 4. The van der Waals surface area contributed by atoms with Crippen LogP contribution in [-0.2, 0) is 23.7 Å². The van der Waals surface area contributed by atoms with Crippen LogP contribution in [0.1, 0.15) is 40.0 Å². The van der Waals surface area contributed by atoms with Gasteiger partial charge in [0.15, 0.2) is 12.6 Å². The van der Waals surface area contributed by atoms with Crippen molar-refractivity contribution in [2.45, 2.75) is 125 Å². The molecule has 2 aliphatic heterocycles. The van der Waals surface area contributed by atoms with E-state index in [1.54, 1.807) is 20.8 Å². The van der Waals surface area contributed by atoms with Gasteiger partial charge in [-0.15, -0.1) is 0 Å². The number of carbonyl (C=O) groups is 1. The standard InChI is InChI=1S/C23H45N5O10/c1-23(2,3)38-22(33)28-12-6-11(26)18(36-21-16(31)14(27)15(30)13(8-29)35-21)17(32)19(12)37-20-10(25)5-4-9(7-24)34-20/h9-21,29-32H,4-8,24-27H2,1-3H3,(H,28,33)/t9-,10+,11+,12-,13+,14-,15+,16+,17+,18-,19?,20+,21+/m0/s1. The average Bonchev–Trinajstić information content (AvgIpc) is 2.83. The highest BCUT2D eigenvalue weighted by Gasteiger charge is 2.51. The molecule has 1 unspecified atom stereocenters. The van der Waals surface area contributed by atoms with Crippen molar-refractivity contribution < 1.29 is 48.9 Å². The van der Waals surface area contributed by atoms with Gasteiger partial charge in [-0.2, -0.15) is 0 Å². The summed E-state index contributed by atoms with van der Waals surface area (Å²) in [7, 11) is 0. The van der Waals surface area contributed by atoms with E-state index in [0.717, 1.165) is 0 Å². The second-order valence-electron chi connectivity index (χ2n) is 11.2. The summed E-state index contributed by atoms with van der Waals surface area (Å²) in [6.07, 6.45) is -9.75. The third-order valence-corrected chi connectivity index (χ3v) is 7.00. The van der Waals surface area contributed by atoms with E-state index in [4.69, 9.17) is 46.6 Å². The van der Waals surface area contributed by atoms with Crippen molar-refractivity contribution in [2.24, 2.45) is 22.9 Å². The summed E-state index contributed by atoms with van der Waals surface area (Å²) in [5, 5.41) is 44.3. The highest BCUT2D eigenvalue weighted by Crippen LogP contribution is 2.31. The lowest BCUT2D eigenvalue weighted by Crippen LogP contribution is -2.68. The molecule has 1 aliphatic carbocycles. The Morgan fingerprint density at radius 1 is 0.947 bits per heavy atom. The van der Waals surface area contributed by atoms with Crippen LogP contribution in [0, 0.1) is 0 Å². The molecule has 0 aromatic carbocycles. The zero-order chi connectivity index (χ0) is 28.4. The lowest BCUT2D eigenvalue weighted by molar-refractivity contribution is -0.313. The van der Waals surface area contributed by atoms with Crippen LogP contribution < -0.4 is 28.3 Å². The minimum absolute atomic E-state index is 0.0782. The zero-order valence-corrected chi connectivity index (χ0v) is 22.1. The van der Waals surface area contributed by atoms with Gasteiger partial charge in [0, 0.05) is 12.6 Å². The summed E-state index contributed by atoms with van der Waals surface area (Å²) >= 11 is 0.